The van der Waals surface area contributed by atoms with E-state index in [9.17, 15) is 14.4 Å². The Morgan fingerprint density at radius 1 is 1.00 bits per heavy atom. The van der Waals surface area contributed by atoms with Crippen molar-refractivity contribution in [2.75, 3.05) is 6.54 Å². The highest BCUT2D eigenvalue weighted by Crippen LogP contribution is 2.36. The Morgan fingerprint density at radius 3 is 2.26 bits per heavy atom. The molecular formula is C31H43N3O4. The Hall–Kier alpha value is -3.35. The smallest absolute Gasteiger partial charge is 0.408 e. The molecule has 0 heterocycles. The molecule has 0 aromatic heterocycles. The van der Waals surface area contributed by atoms with Crippen molar-refractivity contribution in [2.24, 2.45) is 0 Å². The van der Waals surface area contributed by atoms with Crippen LogP contribution < -0.4 is 10.6 Å². The molecule has 0 spiro atoms. The zero-order valence-electron chi connectivity index (χ0n) is 23.5. The van der Waals surface area contributed by atoms with Gasteiger partial charge >= 0.3 is 6.09 Å². The van der Waals surface area contributed by atoms with Crippen molar-refractivity contribution in [1.29, 1.82) is 0 Å². The number of hydrogen-bond donors (Lipinski definition) is 2. The minimum absolute atomic E-state index is 0.0628. The van der Waals surface area contributed by atoms with Gasteiger partial charge < -0.3 is 20.3 Å². The highest BCUT2D eigenvalue weighted by atomic mass is 16.6. The van der Waals surface area contributed by atoms with Crippen molar-refractivity contribution in [1.82, 2.24) is 15.5 Å². The van der Waals surface area contributed by atoms with Gasteiger partial charge in [-0.2, -0.15) is 0 Å². The van der Waals surface area contributed by atoms with Gasteiger partial charge in [-0.1, -0.05) is 74.4 Å². The maximum Gasteiger partial charge on any atom is 0.408 e. The Bertz CT molecular complexity index is 1080. The first-order valence-corrected chi connectivity index (χ1v) is 13.8. The first-order valence-electron chi connectivity index (χ1n) is 13.8. The van der Waals surface area contributed by atoms with Gasteiger partial charge in [-0.3, -0.25) is 9.59 Å². The number of alkyl carbamates (subject to hydrolysis) is 1. The lowest BCUT2D eigenvalue weighted by Gasteiger charge is -2.35. The molecule has 7 heteroatoms. The van der Waals surface area contributed by atoms with E-state index in [1.807, 2.05) is 61.5 Å². The summed E-state index contributed by atoms with van der Waals surface area (Å²) in [5.74, 6) is -0.467. The topological polar surface area (TPSA) is 87.7 Å². The number of amides is 3. The second kappa shape index (κ2) is 13.4. The van der Waals surface area contributed by atoms with Gasteiger partial charge in [0.1, 0.15) is 17.7 Å². The number of carbonyl (C=O) groups is 3. The van der Waals surface area contributed by atoms with Crippen LogP contribution in [0.2, 0.25) is 0 Å². The van der Waals surface area contributed by atoms with Crippen LogP contribution >= 0.6 is 0 Å². The van der Waals surface area contributed by atoms with Gasteiger partial charge in [0, 0.05) is 19.0 Å². The zero-order chi connectivity index (χ0) is 27.7. The summed E-state index contributed by atoms with van der Waals surface area (Å²) in [6.07, 6.45) is 4.25. The van der Waals surface area contributed by atoms with Crippen LogP contribution in [0.4, 0.5) is 4.79 Å². The molecule has 2 N–H and O–H groups in total. The molecule has 38 heavy (non-hydrogen) atoms. The fourth-order valence-corrected chi connectivity index (χ4v) is 4.54. The molecular weight excluding hydrogens is 478 g/mol. The van der Waals surface area contributed by atoms with Crippen LogP contribution in [0.25, 0.3) is 0 Å². The molecule has 2 aromatic rings. The molecule has 1 aliphatic rings. The summed E-state index contributed by atoms with van der Waals surface area (Å²) in [6, 6.07) is 15.6. The SMILES string of the molecule is CCCCCNC(=O)C(c1ccccc1C)N(C(=O)C(Cc1ccccc1)NC(=O)OC(C)(C)C)C1CC1. The third-order valence-electron chi connectivity index (χ3n) is 6.56. The quantitative estimate of drug-likeness (QED) is 0.363. The van der Waals surface area contributed by atoms with Gasteiger partial charge in [0.25, 0.3) is 0 Å². The van der Waals surface area contributed by atoms with Crippen molar-refractivity contribution < 1.29 is 19.1 Å². The van der Waals surface area contributed by atoms with Crippen LogP contribution in [0.1, 0.15) is 82.5 Å². The van der Waals surface area contributed by atoms with Crippen LogP contribution in [0.5, 0.6) is 0 Å². The van der Waals surface area contributed by atoms with Crippen molar-refractivity contribution in [3.05, 3.63) is 71.3 Å². The minimum Gasteiger partial charge on any atom is -0.444 e. The minimum atomic E-state index is -0.882. The van der Waals surface area contributed by atoms with E-state index < -0.39 is 23.8 Å². The molecule has 2 aromatic carbocycles. The summed E-state index contributed by atoms with van der Waals surface area (Å²) < 4.78 is 5.50. The second-order valence-corrected chi connectivity index (χ2v) is 11.1. The van der Waals surface area contributed by atoms with E-state index in [2.05, 4.69) is 17.6 Å². The van der Waals surface area contributed by atoms with E-state index in [1.54, 1.807) is 25.7 Å². The molecule has 1 fully saturated rings. The first kappa shape index (κ1) is 29.2. The summed E-state index contributed by atoms with van der Waals surface area (Å²) in [7, 11) is 0. The summed E-state index contributed by atoms with van der Waals surface area (Å²) in [4.78, 5) is 42.6. The van der Waals surface area contributed by atoms with Crippen molar-refractivity contribution in [2.45, 2.75) is 96.9 Å². The van der Waals surface area contributed by atoms with Crippen LogP contribution in [0.3, 0.4) is 0 Å². The fraction of sp³-hybridized carbons (Fsp3) is 0.516. The maximum absolute atomic E-state index is 14.3. The number of unbranched alkanes of at least 4 members (excludes halogenated alkanes) is 2. The van der Waals surface area contributed by atoms with Gasteiger partial charge in [0.2, 0.25) is 11.8 Å². The Kier molecular flexibility index (Phi) is 10.3. The number of nitrogens with zero attached hydrogens (tertiary/aromatic N) is 1. The Labute approximate surface area is 227 Å². The number of hydrogen-bond acceptors (Lipinski definition) is 4. The number of rotatable bonds is 12. The molecule has 3 rings (SSSR count). The molecule has 1 aliphatic carbocycles. The van der Waals surface area contributed by atoms with Crippen molar-refractivity contribution in [3.8, 4) is 0 Å². The fourth-order valence-electron chi connectivity index (χ4n) is 4.54. The van der Waals surface area contributed by atoms with E-state index in [0.717, 1.165) is 48.8 Å². The van der Waals surface area contributed by atoms with E-state index in [4.69, 9.17) is 4.74 Å². The molecule has 2 unspecified atom stereocenters. The number of aryl methyl sites for hydroxylation is 1. The van der Waals surface area contributed by atoms with Gasteiger partial charge in [-0.25, -0.2) is 4.79 Å². The standard InChI is InChI=1S/C31H43N3O4/c1-6-7-13-20-32-28(35)27(25-17-12-11-14-22(25)2)34(24-18-19-24)29(36)26(21-23-15-9-8-10-16-23)33-30(37)38-31(3,4)5/h8-12,14-17,24,26-27H,6-7,13,18-21H2,1-5H3,(H,32,35)(H,33,37). The van der Waals surface area contributed by atoms with Gasteiger partial charge in [-0.15, -0.1) is 0 Å². The predicted molar refractivity (Wildman–Crippen MR) is 150 cm³/mol. The lowest BCUT2D eigenvalue weighted by molar-refractivity contribution is -0.143. The lowest BCUT2D eigenvalue weighted by atomic mass is 9.97. The van der Waals surface area contributed by atoms with E-state index >= 15 is 0 Å². The summed E-state index contributed by atoms with van der Waals surface area (Å²) in [5, 5.41) is 5.90. The molecule has 2 atom stereocenters. The summed E-state index contributed by atoms with van der Waals surface area (Å²) >= 11 is 0. The molecule has 206 valence electrons. The second-order valence-electron chi connectivity index (χ2n) is 11.1. The zero-order valence-corrected chi connectivity index (χ0v) is 23.5. The highest BCUT2D eigenvalue weighted by molar-refractivity contribution is 5.93. The van der Waals surface area contributed by atoms with E-state index in [-0.39, 0.29) is 17.9 Å². The highest BCUT2D eigenvalue weighted by Gasteiger charge is 2.44. The van der Waals surface area contributed by atoms with Crippen molar-refractivity contribution >= 4 is 17.9 Å². The van der Waals surface area contributed by atoms with Gasteiger partial charge in [0.05, 0.1) is 0 Å². The van der Waals surface area contributed by atoms with Crippen LogP contribution in [-0.2, 0) is 20.7 Å². The Balaban J connectivity index is 1.96. The summed E-state index contributed by atoms with van der Waals surface area (Å²) in [6.45, 7) is 10.0. The number of carbonyl (C=O) groups excluding carboxylic acids is 3. The average Bonchev–Trinajstić information content (AvgIpc) is 3.69. The maximum atomic E-state index is 14.3. The number of benzene rings is 2. The largest absolute Gasteiger partial charge is 0.444 e. The lowest BCUT2D eigenvalue weighted by Crippen LogP contribution is -2.54. The molecule has 0 aliphatic heterocycles. The number of nitrogens with one attached hydrogen (secondary N) is 2. The van der Waals surface area contributed by atoms with Crippen LogP contribution in [0.15, 0.2) is 54.6 Å². The normalized spacial score (nSPS) is 14.8. The van der Waals surface area contributed by atoms with Crippen molar-refractivity contribution in [3.63, 3.8) is 0 Å². The summed E-state index contributed by atoms with van der Waals surface area (Å²) in [5.41, 5.74) is 1.95. The van der Waals surface area contributed by atoms with Crippen LogP contribution in [0, 0.1) is 6.92 Å². The molecule has 0 bridgehead atoms. The molecule has 3 amide bonds. The van der Waals surface area contributed by atoms with E-state index in [1.165, 1.54) is 0 Å². The van der Waals surface area contributed by atoms with Gasteiger partial charge in [-0.05, 0) is 63.6 Å². The third-order valence-corrected chi connectivity index (χ3v) is 6.56. The van der Waals surface area contributed by atoms with E-state index in [0.29, 0.717) is 13.0 Å². The average molecular weight is 522 g/mol. The number of ether oxygens (including phenoxy) is 1. The molecule has 0 saturated heterocycles. The monoisotopic (exact) mass is 521 g/mol. The molecule has 1 saturated carbocycles. The van der Waals surface area contributed by atoms with Crippen LogP contribution in [-0.4, -0.2) is 47.0 Å². The molecule has 7 nitrogen and oxygen atoms in total. The van der Waals surface area contributed by atoms with Gasteiger partial charge in [0.15, 0.2) is 0 Å². The Morgan fingerprint density at radius 2 is 1.66 bits per heavy atom. The predicted octanol–water partition coefficient (Wildman–Crippen LogP) is 5.47. The third kappa shape index (κ3) is 8.61. The first-order chi connectivity index (χ1) is 18.1. The molecule has 0 radical (unpaired) electrons.